The molecule has 0 N–H and O–H groups in total. The molecule has 0 bridgehead atoms. The van der Waals surface area contributed by atoms with E-state index in [0.717, 1.165) is 77.6 Å². The Labute approximate surface area is 286 Å². The zero-order valence-electron chi connectivity index (χ0n) is 30.7. The number of fused-ring (bicyclic) bond motifs is 3. The van der Waals surface area contributed by atoms with Crippen LogP contribution in [-0.4, -0.2) is 12.8 Å². The van der Waals surface area contributed by atoms with Gasteiger partial charge in [0.1, 0.15) is 22.7 Å². The van der Waals surface area contributed by atoms with Gasteiger partial charge in [0.2, 0.25) is 0 Å². The highest BCUT2D eigenvalue weighted by atomic mass is 31.1. The van der Waals surface area contributed by atoms with E-state index in [1.165, 1.54) is 0 Å². The lowest BCUT2D eigenvalue weighted by atomic mass is 9.80. The quantitative estimate of drug-likeness (QED) is 0.137. The number of hydrogen-bond acceptors (Lipinski definition) is 6. The molecule has 5 rings (SSSR count). The van der Waals surface area contributed by atoms with Crippen molar-refractivity contribution in [2.45, 2.75) is 101 Å². The van der Waals surface area contributed by atoms with Crippen molar-refractivity contribution in [3.63, 3.8) is 0 Å². The van der Waals surface area contributed by atoms with Gasteiger partial charge in [-0.05, 0) is 117 Å². The molecular formula is C41H49O6P. The minimum Gasteiger partial charge on any atom is -0.434 e. The van der Waals surface area contributed by atoms with Crippen molar-refractivity contribution in [3.05, 3.63) is 93.0 Å². The Balaban J connectivity index is 1.90. The third kappa shape index (κ3) is 7.15. The van der Waals surface area contributed by atoms with Crippen LogP contribution in [0.15, 0.2) is 56.9 Å². The van der Waals surface area contributed by atoms with Crippen molar-refractivity contribution < 1.29 is 27.2 Å². The zero-order chi connectivity index (χ0) is 35.3. The molecule has 254 valence electrons. The van der Waals surface area contributed by atoms with E-state index in [9.17, 15) is 4.79 Å². The lowest BCUT2D eigenvalue weighted by Crippen LogP contribution is -2.18. The highest BCUT2D eigenvalue weighted by Crippen LogP contribution is 2.50. The third-order valence-corrected chi connectivity index (χ3v) is 9.44. The van der Waals surface area contributed by atoms with Gasteiger partial charge in [-0.3, -0.25) is 0 Å². The SMILES string of the molecule is CCOC(=O)Oc1c(-c2cc(C)cc(C(C)(C)C)c2Op2oc3c(C)cc(C)cc3c3cc(C)cc(C)c3o2)cc(C)cc1C(C)(C)C. The highest BCUT2D eigenvalue weighted by Gasteiger charge is 2.30. The smallest absolute Gasteiger partial charge is 0.434 e. The summed E-state index contributed by atoms with van der Waals surface area (Å²) in [5.41, 5.74) is 10.6. The number of carbonyl (C=O) groups excluding carboxylic acids is 1. The first kappa shape index (κ1) is 35.2. The van der Waals surface area contributed by atoms with Crippen LogP contribution in [0.1, 0.15) is 93.0 Å². The van der Waals surface area contributed by atoms with Crippen molar-refractivity contribution in [1.82, 2.24) is 0 Å². The van der Waals surface area contributed by atoms with E-state index in [4.69, 9.17) is 22.4 Å². The van der Waals surface area contributed by atoms with Crippen molar-refractivity contribution in [2.24, 2.45) is 0 Å². The summed E-state index contributed by atoms with van der Waals surface area (Å²) in [4.78, 5) is 12.9. The number of ether oxygens (including phenoxy) is 2. The van der Waals surface area contributed by atoms with Crippen LogP contribution in [0.2, 0.25) is 0 Å². The van der Waals surface area contributed by atoms with Crippen molar-refractivity contribution in [3.8, 4) is 22.6 Å². The van der Waals surface area contributed by atoms with Crippen LogP contribution in [0, 0.1) is 41.5 Å². The van der Waals surface area contributed by atoms with E-state index < -0.39 is 14.4 Å². The molecule has 0 fully saturated rings. The molecule has 0 spiro atoms. The molecule has 7 heteroatoms. The number of rotatable bonds is 5. The summed E-state index contributed by atoms with van der Waals surface area (Å²) in [6.07, 6.45) is -0.746. The number of hydrogen-bond donors (Lipinski definition) is 0. The molecule has 0 saturated carbocycles. The van der Waals surface area contributed by atoms with E-state index in [2.05, 4.69) is 126 Å². The molecule has 4 aromatic carbocycles. The Morgan fingerprint density at radius 3 is 1.48 bits per heavy atom. The van der Waals surface area contributed by atoms with Crippen LogP contribution in [0.5, 0.6) is 11.5 Å². The molecule has 0 atom stereocenters. The fourth-order valence-corrected chi connectivity index (χ4v) is 7.57. The van der Waals surface area contributed by atoms with E-state index in [1.807, 2.05) is 6.07 Å². The summed E-state index contributed by atoms with van der Waals surface area (Å²) in [7, 11) is -1.98. The average Bonchev–Trinajstić information content (AvgIpc) is 3.11. The summed E-state index contributed by atoms with van der Waals surface area (Å²) >= 11 is 0. The third-order valence-electron chi connectivity index (χ3n) is 8.45. The molecule has 0 aliphatic carbocycles. The predicted octanol–water partition coefficient (Wildman–Crippen LogP) is 12.8. The van der Waals surface area contributed by atoms with Gasteiger partial charge >= 0.3 is 14.4 Å². The Hall–Kier alpha value is -4.15. The fourth-order valence-electron chi connectivity index (χ4n) is 6.33. The van der Waals surface area contributed by atoms with Crippen LogP contribution >= 0.6 is 8.24 Å². The van der Waals surface area contributed by atoms with Crippen LogP contribution in [0.25, 0.3) is 33.1 Å². The Morgan fingerprint density at radius 1 is 0.625 bits per heavy atom. The molecule has 0 saturated heterocycles. The molecule has 0 amide bonds. The van der Waals surface area contributed by atoms with Crippen LogP contribution < -0.4 is 9.26 Å². The van der Waals surface area contributed by atoms with Crippen LogP contribution in [0.4, 0.5) is 4.79 Å². The van der Waals surface area contributed by atoms with Gasteiger partial charge in [0.25, 0.3) is 0 Å². The lowest BCUT2D eigenvalue weighted by Gasteiger charge is -2.28. The van der Waals surface area contributed by atoms with E-state index >= 15 is 0 Å². The molecule has 5 aromatic rings. The van der Waals surface area contributed by atoms with Gasteiger partial charge in [-0.15, -0.1) is 0 Å². The number of benzene rings is 4. The Bertz CT molecular complexity index is 2020. The summed E-state index contributed by atoms with van der Waals surface area (Å²) in [5, 5.41) is 1.98. The summed E-state index contributed by atoms with van der Waals surface area (Å²) in [6.45, 7) is 27.2. The molecule has 48 heavy (non-hydrogen) atoms. The van der Waals surface area contributed by atoms with E-state index in [1.54, 1.807) is 6.92 Å². The maximum absolute atomic E-state index is 12.9. The predicted molar refractivity (Wildman–Crippen MR) is 198 cm³/mol. The fraction of sp³-hybridized carbons (Fsp3) is 0.390. The van der Waals surface area contributed by atoms with Gasteiger partial charge in [0.15, 0.2) is 0 Å². The standard InChI is InChI=1S/C41H49O6P/c1-14-43-39(42)44-37-31(19-25(4)21-33(37)40(8,9)10)32-20-26(5)22-34(41(11,12)13)38(32)47-48-45-35-27(6)15-23(2)17-29(35)30-18-24(3)16-28(7)36(30)46-48/h15-22H,14H2,1-13H3. The molecule has 1 heterocycles. The normalized spacial score (nSPS) is 12.0. The molecule has 1 aromatic heterocycles. The summed E-state index contributed by atoms with van der Waals surface area (Å²) in [5.74, 6) is 1.07. The maximum atomic E-state index is 12.9. The number of carbonyl (C=O) groups is 1. The topological polar surface area (TPSA) is 71.0 Å². The number of aryl methyl sites for hydroxylation is 6. The first-order chi connectivity index (χ1) is 22.4. The zero-order valence-corrected chi connectivity index (χ0v) is 31.6. The second-order valence-corrected chi connectivity index (χ2v) is 16.1. The van der Waals surface area contributed by atoms with E-state index in [-0.39, 0.29) is 17.4 Å². The second kappa shape index (κ2) is 13.0. The minimum absolute atomic E-state index is 0.206. The molecule has 0 unspecified atom stereocenters. The first-order valence-electron chi connectivity index (χ1n) is 16.6. The largest absolute Gasteiger partial charge is 0.513 e. The molecule has 6 nitrogen and oxygen atoms in total. The lowest BCUT2D eigenvalue weighted by molar-refractivity contribution is 0.104. The molecule has 0 aliphatic heterocycles. The molecule has 0 radical (unpaired) electrons. The highest BCUT2D eigenvalue weighted by molar-refractivity contribution is 7.32. The van der Waals surface area contributed by atoms with Crippen molar-refractivity contribution in [1.29, 1.82) is 0 Å². The van der Waals surface area contributed by atoms with E-state index in [0.29, 0.717) is 11.5 Å². The Morgan fingerprint density at radius 2 is 1.04 bits per heavy atom. The Kier molecular flexibility index (Phi) is 9.56. The minimum atomic E-state index is -1.98. The van der Waals surface area contributed by atoms with Gasteiger partial charge < -0.3 is 22.4 Å². The first-order valence-corrected chi connectivity index (χ1v) is 17.7. The second-order valence-electron chi connectivity index (χ2n) is 15.1. The van der Waals surface area contributed by atoms with Crippen molar-refractivity contribution in [2.75, 3.05) is 6.61 Å². The van der Waals surface area contributed by atoms with Gasteiger partial charge in [-0.2, -0.15) is 0 Å². The van der Waals surface area contributed by atoms with Crippen LogP contribution in [0.3, 0.4) is 0 Å². The maximum Gasteiger partial charge on any atom is 0.513 e. The van der Waals surface area contributed by atoms with Gasteiger partial charge in [0, 0.05) is 33.0 Å². The van der Waals surface area contributed by atoms with Crippen LogP contribution in [-0.2, 0) is 15.6 Å². The van der Waals surface area contributed by atoms with Crippen molar-refractivity contribution >= 4 is 36.3 Å². The van der Waals surface area contributed by atoms with Gasteiger partial charge in [0.05, 0.1) is 6.61 Å². The average molecular weight is 669 g/mol. The summed E-state index contributed by atoms with van der Waals surface area (Å²) in [6, 6.07) is 16.9. The summed E-state index contributed by atoms with van der Waals surface area (Å²) < 4.78 is 31.9. The molecular weight excluding hydrogens is 619 g/mol. The molecule has 0 aliphatic rings. The monoisotopic (exact) mass is 668 g/mol. The van der Waals surface area contributed by atoms with Gasteiger partial charge in [-0.25, -0.2) is 4.79 Å². The van der Waals surface area contributed by atoms with Gasteiger partial charge in [-0.1, -0.05) is 65.8 Å².